The Morgan fingerprint density at radius 3 is 2.71 bits per heavy atom. The highest BCUT2D eigenvalue weighted by Crippen LogP contribution is 2.19. The number of benzene rings is 1. The number of hydrogen-bond donors (Lipinski definition) is 0. The smallest absolute Gasteiger partial charge is 0.347 e. The number of cyclic esters (lactones) is 1. The third-order valence-electron chi connectivity index (χ3n) is 3.25. The predicted molar refractivity (Wildman–Crippen MR) is 72.9 cm³/mol. The predicted octanol–water partition coefficient (Wildman–Crippen LogP) is 1.73. The third-order valence-corrected chi connectivity index (χ3v) is 3.25. The number of nitrogens with zero attached hydrogens (tertiary/aromatic N) is 2. The van der Waals surface area contributed by atoms with Gasteiger partial charge in [0.15, 0.2) is 0 Å². The molecule has 0 spiro atoms. The van der Waals surface area contributed by atoms with Crippen LogP contribution in [0.2, 0.25) is 0 Å². The Labute approximate surface area is 121 Å². The van der Waals surface area contributed by atoms with Gasteiger partial charge in [-0.2, -0.15) is 5.10 Å². The first kappa shape index (κ1) is 13.4. The zero-order chi connectivity index (χ0) is 14.8. The van der Waals surface area contributed by atoms with Crippen LogP contribution in [0.3, 0.4) is 0 Å². The van der Waals surface area contributed by atoms with Crippen LogP contribution in [0, 0.1) is 0 Å². The maximum atomic E-state index is 12.0. The fourth-order valence-corrected chi connectivity index (χ4v) is 2.19. The van der Waals surface area contributed by atoms with Gasteiger partial charge in [0.1, 0.15) is 6.10 Å². The Kier molecular flexibility index (Phi) is 3.43. The van der Waals surface area contributed by atoms with Crippen LogP contribution in [0.25, 0.3) is 5.69 Å². The van der Waals surface area contributed by atoms with Gasteiger partial charge in [0, 0.05) is 18.8 Å². The molecule has 1 aliphatic rings. The first-order valence-corrected chi connectivity index (χ1v) is 6.65. The van der Waals surface area contributed by atoms with E-state index in [1.807, 2.05) is 12.3 Å². The molecular formula is C15H14N2O4. The summed E-state index contributed by atoms with van der Waals surface area (Å²) < 4.78 is 11.8. The maximum absolute atomic E-state index is 12.0. The molecular weight excluding hydrogens is 272 g/mol. The summed E-state index contributed by atoms with van der Waals surface area (Å²) in [6, 6.07) is 8.62. The van der Waals surface area contributed by atoms with E-state index < -0.39 is 18.0 Å². The van der Waals surface area contributed by atoms with Gasteiger partial charge >= 0.3 is 11.9 Å². The lowest BCUT2D eigenvalue weighted by molar-refractivity contribution is -0.147. The van der Waals surface area contributed by atoms with Crippen molar-refractivity contribution in [2.75, 3.05) is 0 Å². The summed E-state index contributed by atoms with van der Waals surface area (Å²) in [6.45, 7) is 1.77. The fourth-order valence-electron chi connectivity index (χ4n) is 2.19. The molecule has 0 bridgehead atoms. The summed E-state index contributed by atoms with van der Waals surface area (Å²) >= 11 is 0. The van der Waals surface area contributed by atoms with E-state index in [2.05, 4.69) is 5.10 Å². The average Bonchev–Trinajstić information content (AvgIpc) is 3.10. The molecule has 108 valence electrons. The van der Waals surface area contributed by atoms with Crippen LogP contribution in [0.4, 0.5) is 0 Å². The lowest BCUT2D eigenvalue weighted by atomic mass is 10.2. The van der Waals surface area contributed by atoms with E-state index in [1.165, 1.54) is 0 Å². The van der Waals surface area contributed by atoms with Crippen molar-refractivity contribution in [2.45, 2.75) is 25.6 Å². The third kappa shape index (κ3) is 2.79. The Hall–Kier alpha value is -2.63. The van der Waals surface area contributed by atoms with Gasteiger partial charge in [0.2, 0.25) is 6.10 Å². The van der Waals surface area contributed by atoms with Crippen LogP contribution in [-0.4, -0.2) is 33.9 Å². The van der Waals surface area contributed by atoms with E-state index in [4.69, 9.17) is 9.47 Å². The Balaban J connectivity index is 1.69. The molecule has 1 fully saturated rings. The number of rotatable bonds is 3. The van der Waals surface area contributed by atoms with Crippen LogP contribution < -0.4 is 0 Å². The standard InChI is InChI=1S/C15H14N2O4/c1-10-9-13(15(19)20-10)21-14(18)11-3-5-12(6-4-11)17-8-2-7-16-17/h2-8,10,13H,9H2,1H3/t10-,13+/m0/s1. The highest BCUT2D eigenvalue weighted by atomic mass is 16.6. The molecule has 2 aromatic rings. The number of hydrogen-bond acceptors (Lipinski definition) is 5. The zero-order valence-electron chi connectivity index (χ0n) is 11.4. The second kappa shape index (κ2) is 5.40. The minimum Gasteiger partial charge on any atom is -0.460 e. The quantitative estimate of drug-likeness (QED) is 0.804. The molecule has 0 unspecified atom stereocenters. The Morgan fingerprint density at radius 2 is 2.14 bits per heavy atom. The second-order valence-electron chi connectivity index (χ2n) is 4.87. The first-order valence-electron chi connectivity index (χ1n) is 6.65. The lowest BCUT2D eigenvalue weighted by Gasteiger charge is -2.08. The van der Waals surface area contributed by atoms with Gasteiger partial charge in [-0.3, -0.25) is 0 Å². The van der Waals surface area contributed by atoms with Gasteiger partial charge in [-0.25, -0.2) is 14.3 Å². The van der Waals surface area contributed by atoms with E-state index in [0.717, 1.165) is 5.69 Å². The summed E-state index contributed by atoms with van der Waals surface area (Å²) in [5.41, 5.74) is 1.23. The Morgan fingerprint density at radius 1 is 1.38 bits per heavy atom. The van der Waals surface area contributed by atoms with Gasteiger partial charge in [-0.15, -0.1) is 0 Å². The lowest BCUT2D eigenvalue weighted by Crippen LogP contribution is -2.22. The number of carbonyl (C=O) groups excluding carboxylic acids is 2. The summed E-state index contributed by atoms with van der Waals surface area (Å²) in [7, 11) is 0. The van der Waals surface area contributed by atoms with E-state index in [9.17, 15) is 9.59 Å². The summed E-state index contributed by atoms with van der Waals surface area (Å²) in [4.78, 5) is 23.4. The summed E-state index contributed by atoms with van der Waals surface area (Å²) in [5, 5.41) is 4.10. The minimum atomic E-state index is -0.807. The van der Waals surface area contributed by atoms with E-state index in [0.29, 0.717) is 12.0 Å². The van der Waals surface area contributed by atoms with Crippen LogP contribution in [0.15, 0.2) is 42.7 Å². The average molecular weight is 286 g/mol. The molecule has 1 aromatic heterocycles. The van der Waals surface area contributed by atoms with E-state index in [1.54, 1.807) is 42.1 Å². The van der Waals surface area contributed by atoms with Gasteiger partial charge in [-0.1, -0.05) is 0 Å². The van der Waals surface area contributed by atoms with Crippen LogP contribution >= 0.6 is 0 Å². The molecule has 2 atom stereocenters. The van der Waals surface area contributed by atoms with Gasteiger partial charge in [0.25, 0.3) is 0 Å². The largest absolute Gasteiger partial charge is 0.460 e. The van der Waals surface area contributed by atoms with Crippen molar-refractivity contribution in [1.82, 2.24) is 9.78 Å². The van der Waals surface area contributed by atoms with Crippen molar-refractivity contribution in [1.29, 1.82) is 0 Å². The highest BCUT2D eigenvalue weighted by Gasteiger charge is 2.35. The number of carbonyl (C=O) groups is 2. The molecule has 1 aromatic carbocycles. The molecule has 6 heteroatoms. The monoisotopic (exact) mass is 286 g/mol. The van der Waals surface area contributed by atoms with E-state index in [-0.39, 0.29) is 6.10 Å². The summed E-state index contributed by atoms with van der Waals surface area (Å²) in [5.74, 6) is -1.01. The molecule has 0 N–H and O–H groups in total. The second-order valence-corrected chi connectivity index (χ2v) is 4.87. The fraction of sp³-hybridized carbons (Fsp3) is 0.267. The van der Waals surface area contributed by atoms with Crippen molar-refractivity contribution < 1.29 is 19.1 Å². The highest BCUT2D eigenvalue weighted by molar-refractivity contribution is 5.92. The van der Waals surface area contributed by atoms with Crippen molar-refractivity contribution in [2.24, 2.45) is 0 Å². The number of ether oxygens (including phenoxy) is 2. The van der Waals surface area contributed by atoms with Crippen molar-refractivity contribution >= 4 is 11.9 Å². The van der Waals surface area contributed by atoms with Crippen molar-refractivity contribution in [3.05, 3.63) is 48.3 Å². The zero-order valence-corrected chi connectivity index (χ0v) is 11.4. The number of aromatic nitrogens is 2. The van der Waals surface area contributed by atoms with Gasteiger partial charge < -0.3 is 9.47 Å². The molecule has 3 rings (SSSR count). The Bertz CT molecular complexity index is 649. The van der Waals surface area contributed by atoms with Crippen LogP contribution in [0.5, 0.6) is 0 Å². The molecule has 0 aliphatic carbocycles. The molecule has 0 radical (unpaired) electrons. The number of esters is 2. The molecule has 1 saturated heterocycles. The van der Waals surface area contributed by atoms with Gasteiger partial charge in [0.05, 0.1) is 11.3 Å². The molecule has 1 aliphatic heterocycles. The van der Waals surface area contributed by atoms with Crippen molar-refractivity contribution in [3.8, 4) is 5.69 Å². The molecule has 6 nitrogen and oxygen atoms in total. The SMILES string of the molecule is C[C@H]1C[C@@H](OC(=O)c2ccc(-n3cccn3)cc2)C(=O)O1. The topological polar surface area (TPSA) is 70.4 Å². The van der Waals surface area contributed by atoms with Crippen LogP contribution in [0.1, 0.15) is 23.7 Å². The van der Waals surface area contributed by atoms with Gasteiger partial charge in [-0.05, 0) is 37.3 Å². The molecule has 0 amide bonds. The molecule has 0 saturated carbocycles. The molecule has 2 heterocycles. The normalized spacial score (nSPS) is 21.1. The van der Waals surface area contributed by atoms with E-state index >= 15 is 0 Å². The maximum Gasteiger partial charge on any atom is 0.347 e. The molecule has 21 heavy (non-hydrogen) atoms. The first-order chi connectivity index (χ1) is 10.1. The van der Waals surface area contributed by atoms with Crippen LogP contribution in [-0.2, 0) is 14.3 Å². The summed E-state index contributed by atoms with van der Waals surface area (Å²) in [6.07, 6.45) is 2.87. The minimum absolute atomic E-state index is 0.211. The van der Waals surface area contributed by atoms with Crippen molar-refractivity contribution in [3.63, 3.8) is 0 Å².